The lowest BCUT2D eigenvalue weighted by Crippen LogP contribution is -2.51. The Bertz CT molecular complexity index is 921. The number of hydrogen-bond acceptors (Lipinski definition) is 3. The van der Waals surface area contributed by atoms with E-state index in [2.05, 4.69) is 21.2 Å². The van der Waals surface area contributed by atoms with Gasteiger partial charge in [0.1, 0.15) is 11.8 Å². The minimum atomic E-state index is -0.561. The second kappa shape index (κ2) is 12.0. The molecule has 2 rings (SSSR count). The summed E-state index contributed by atoms with van der Waals surface area (Å²) >= 11 is 3.55. The maximum Gasteiger partial charge on any atom is 0.261 e. The highest BCUT2D eigenvalue weighted by molar-refractivity contribution is 9.10. The maximum atomic E-state index is 13.3. The molecule has 0 unspecified atom stereocenters. The molecule has 0 fully saturated rings. The number of hydrogen-bond donors (Lipinski definition) is 1. The van der Waals surface area contributed by atoms with E-state index in [0.717, 1.165) is 33.1 Å². The van der Waals surface area contributed by atoms with Crippen LogP contribution in [0.3, 0.4) is 0 Å². The first kappa shape index (κ1) is 25.9. The van der Waals surface area contributed by atoms with Crippen molar-refractivity contribution in [1.29, 1.82) is 0 Å². The van der Waals surface area contributed by atoms with Crippen LogP contribution in [0.2, 0.25) is 0 Å². The highest BCUT2D eigenvalue weighted by Gasteiger charge is 2.29. The molecule has 0 heterocycles. The van der Waals surface area contributed by atoms with E-state index in [1.807, 2.05) is 77.9 Å². The Balaban J connectivity index is 2.25. The van der Waals surface area contributed by atoms with Gasteiger partial charge in [-0.2, -0.15) is 0 Å². The molecule has 0 aliphatic heterocycles. The number of carbonyl (C=O) groups is 2. The second-order valence-electron chi connectivity index (χ2n) is 8.41. The molecule has 0 aliphatic rings. The quantitative estimate of drug-likeness (QED) is 0.468. The first-order valence-corrected chi connectivity index (χ1v) is 12.0. The molecule has 174 valence electrons. The lowest BCUT2D eigenvalue weighted by Gasteiger charge is -2.31. The van der Waals surface area contributed by atoms with E-state index in [4.69, 9.17) is 4.74 Å². The molecule has 0 saturated carbocycles. The molecule has 1 N–H and O–H groups in total. The third kappa shape index (κ3) is 7.09. The number of aryl methyl sites for hydroxylation is 3. The Morgan fingerprint density at radius 1 is 1.06 bits per heavy atom. The first-order valence-electron chi connectivity index (χ1n) is 11.2. The van der Waals surface area contributed by atoms with Gasteiger partial charge in [0.2, 0.25) is 5.91 Å². The predicted molar refractivity (Wildman–Crippen MR) is 133 cm³/mol. The van der Waals surface area contributed by atoms with E-state index in [1.165, 1.54) is 0 Å². The molecule has 2 atom stereocenters. The fraction of sp³-hybridized carbons (Fsp3) is 0.462. The summed E-state index contributed by atoms with van der Waals surface area (Å²) in [6, 6.07) is 11.3. The number of nitrogens with one attached hydrogen (secondary N) is 1. The third-order valence-corrected chi connectivity index (χ3v) is 6.85. The normalized spacial score (nSPS) is 12.7. The van der Waals surface area contributed by atoms with Gasteiger partial charge in [0.25, 0.3) is 5.91 Å². The van der Waals surface area contributed by atoms with Crippen molar-refractivity contribution < 1.29 is 14.3 Å². The Labute approximate surface area is 200 Å². The average Bonchev–Trinajstić information content (AvgIpc) is 2.75. The highest BCUT2D eigenvalue weighted by atomic mass is 79.9. The molecule has 0 aliphatic carbocycles. The molecule has 0 radical (unpaired) electrons. The number of amides is 2. The van der Waals surface area contributed by atoms with Gasteiger partial charge in [-0.1, -0.05) is 59.6 Å². The van der Waals surface area contributed by atoms with Gasteiger partial charge in [-0.3, -0.25) is 9.59 Å². The molecule has 2 aromatic rings. The number of halogens is 1. The third-order valence-electron chi connectivity index (χ3n) is 5.59. The summed E-state index contributed by atoms with van der Waals surface area (Å²) in [6.45, 7) is 12.2. The van der Waals surface area contributed by atoms with E-state index in [-0.39, 0.29) is 24.5 Å². The fourth-order valence-corrected chi connectivity index (χ4v) is 3.81. The molecule has 32 heavy (non-hydrogen) atoms. The lowest BCUT2D eigenvalue weighted by atomic mass is 10.1. The van der Waals surface area contributed by atoms with Crippen LogP contribution >= 0.6 is 15.9 Å². The van der Waals surface area contributed by atoms with Gasteiger partial charge in [0.15, 0.2) is 6.61 Å². The molecule has 0 aromatic heterocycles. The van der Waals surface area contributed by atoms with Crippen molar-refractivity contribution in [1.82, 2.24) is 10.2 Å². The van der Waals surface area contributed by atoms with Gasteiger partial charge in [-0.25, -0.2) is 0 Å². The van der Waals surface area contributed by atoms with E-state index in [1.54, 1.807) is 4.90 Å². The van der Waals surface area contributed by atoms with Crippen LogP contribution in [0.5, 0.6) is 5.75 Å². The summed E-state index contributed by atoms with van der Waals surface area (Å²) < 4.78 is 6.89. The summed E-state index contributed by atoms with van der Waals surface area (Å²) in [5.74, 6) is 0.304. The monoisotopic (exact) mass is 502 g/mol. The number of nitrogens with zero attached hydrogens (tertiary/aromatic N) is 1. The molecule has 2 amide bonds. The minimum Gasteiger partial charge on any atom is -0.484 e. The summed E-state index contributed by atoms with van der Waals surface area (Å²) in [5.41, 5.74) is 4.19. The summed E-state index contributed by atoms with van der Waals surface area (Å²) in [6.07, 6.45) is 1.36. The number of benzene rings is 2. The van der Waals surface area contributed by atoms with Crippen LogP contribution in [0.25, 0.3) is 0 Å². The predicted octanol–water partition coefficient (Wildman–Crippen LogP) is 5.48. The topological polar surface area (TPSA) is 58.6 Å². The van der Waals surface area contributed by atoms with E-state index in [9.17, 15) is 9.59 Å². The summed E-state index contributed by atoms with van der Waals surface area (Å²) in [7, 11) is 0. The Morgan fingerprint density at radius 3 is 2.28 bits per heavy atom. The standard InChI is InChI=1S/C26H35BrN2O3/c1-7-20(6)28-26(31)23(8-2)29(15-21-11-9-10-17(3)12-21)24(30)16-32-22-13-18(4)25(27)19(5)14-22/h9-14,20,23H,7-8,15-16H2,1-6H3,(H,28,31)/t20-,23+/m0/s1. The molecule has 5 nitrogen and oxygen atoms in total. The molecule has 0 bridgehead atoms. The Kier molecular flexibility index (Phi) is 9.76. The smallest absolute Gasteiger partial charge is 0.261 e. The van der Waals surface area contributed by atoms with Gasteiger partial charge in [-0.15, -0.1) is 0 Å². The van der Waals surface area contributed by atoms with Gasteiger partial charge >= 0.3 is 0 Å². The molecular formula is C26H35BrN2O3. The molecule has 0 spiro atoms. The van der Waals surface area contributed by atoms with Crippen molar-refractivity contribution in [3.63, 3.8) is 0 Å². The molecule has 2 aromatic carbocycles. The van der Waals surface area contributed by atoms with Gasteiger partial charge in [-0.05, 0) is 69.4 Å². The van der Waals surface area contributed by atoms with Crippen LogP contribution in [0.15, 0.2) is 40.9 Å². The largest absolute Gasteiger partial charge is 0.484 e. The number of ether oxygens (including phenoxy) is 1. The van der Waals surface area contributed by atoms with E-state index < -0.39 is 6.04 Å². The van der Waals surface area contributed by atoms with Crippen molar-refractivity contribution in [2.45, 2.75) is 73.0 Å². The Morgan fingerprint density at radius 2 is 1.72 bits per heavy atom. The zero-order valence-electron chi connectivity index (χ0n) is 20.0. The van der Waals surface area contributed by atoms with Crippen LogP contribution in [-0.2, 0) is 16.1 Å². The van der Waals surface area contributed by atoms with Crippen molar-refractivity contribution in [3.05, 3.63) is 63.1 Å². The molecule has 0 saturated heterocycles. The van der Waals surface area contributed by atoms with Gasteiger partial charge in [0.05, 0.1) is 0 Å². The van der Waals surface area contributed by atoms with Crippen LogP contribution in [0.4, 0.5) is 0 Å². The average molecular weight is 503 g/mol. The number of rotatable bonds is 10. The zero-order valence-corrected chi connectivity index (χ0v) is 21.6. The zero-order chi connectivity index (χ0) is 23.8. The van der Waals surface area contributed by atoms with Crippen LogP contribution < -0.4 is 10.1 Å². The van der Waals surface area contributed by atoms with Gasteiger partial charge in [0, 0.05) is 17.1 Å². The van der Waals surface area contributed by atoms with Gasteiger partial charge < -0.3 is 15.0 Å². The SMILES string of the molecule is CC[C@H](C(=O)N[C@@H](C)CC)N(Cc1cccc(C)c1)C(=O)COc1cc(C)c(Br)c(C)c1. The van der Waals surface area contributed by atoms with Crippen LogP contribution in [0.1, 0.15) is 55.9 Å². The minimum absolute atomic E-state index is 0.0532. The van der Waals surface area contributed by atoms with Crippen LogP contribution in [0, 0.1) is 20.8 Å². The van der Waals surface area contributed by atoms with Crippen molar-refractivity contribution in [2.75, 3.05) is 6.61 Å². The maximum absolute atomic E-state index is 13.3. The lowest BCUT2D eigenvalue weighted by molar-refractivity contribution is -0.143. The fourth-order valence-electron chi connectivity index (χ4n) is 3.59. The Hall–Kier alpha value is -2.34. The van der Waals surface area contributed by atoms with Crippen LogP contribution in [-0.4, -0.2) is 35.4 Å². The van der Waals surface area contributed by atoms with Crippen molar-refractivity contribution >= 4 is 27.7 Å². The molecular weight excluding hydrogens is 468 g/mol. The molecule has 6 heteroatoms. The highest BCUT2D eigenvalue weighted by Crippen LogP contribution is 2.26. The van der Waals surface area contributed by atoms with Crippen molar-refractivity contribution in [2.24, 2.45) is 0 Å². The van der Waals surface area contributed by atoms with Crippen molar-refractivity contribution in [3.8, 4) is 5.75 Å². The first-order chi connectivity index (χ1) is 15.2. The van der Waals surface area contributed by atoms with E-state index >= 15 is 0 Å². The summed E-state index contributed by atoms with van der Waals surface area (Å²) in [4.78, 5) is 28.0. The second-order valence-corrected chi connectivity index (χ2v) is 9.21. The summed E-state index contributed by atoms with van der Waals surface area (Å²) in [5, 5.41) is 3.03. The van der Waals surface area contributed by atoms with E-state index in [0.29, 0.717) is 18.7 Å². The number of carbonyl (C=O) groups excluding carboxylic acids is 2.